The molecule has 0 radical (unpaired) electrons. The number of ether oxygens (including phenoxy) is 1. The number of amides is 1. The summed E-state index contributed by atoms with van der Waals surface area (Å²) in [4.78, 5) is 11.5. The van der Waals surface area contributed by atoms with Gasteiger partial charge in [-0.2, -0.15) is 0 Å². The molecule has 1 saturated heterocycles. The lowest BCUT2D eigenvalue weighted by atomic mass is 9.90. The number of carbonyl (C=O) groups excluding carboxylic acids is 1. The van der Waals surface area contributed by atoms with Crippen molar-refractivity contribution < 1.29 is 9.53 Å². The van der Waals surface area contributed by atoms with Crippen LogP contribution in [0, 0.1) is 5.41 Å². The largest absolute Gasteiger partial charge is 0.381 e. The first-order chi connectivity index (χ1) is 6.33. The van der Waals surface area contributed by atoms with Crippen LogP contribution in [-0.2, 0) is 9.53 Å². The summed E-state index contributed by atoms with van der Waals surface area (Å²) in [5, 5.41) is 2.86. The predicted molar refractivity (Wildman–Crippen MR) is 54.8 cm³/mol. The molecule has 0 aromatic heterocycles. The molecule has 0 bridgehead atoms. The Morgan fingerprint density at radius 1 is 1.64 bits per heavy atom. The van der Waals surface area contributed by atoms with Crippen molar-refractivity contribution in [3.05, 3.63) is 0 Å². The predicted octanol–water partition coefficient (Wildman–Crippen LogP) is 0.267. The fourth-order valence-corrected chi connectivity index (χ4v) is 1.37. The highest BCUT2D eigenvalue weighted by Crippen LogP contribution is 2.26. The highest BCUT2D eigenvalue weighted by molar-refractivity contribution is 5.85. The van der Waals surface area contributed by atoms with Crippen molar-refractivity contribution in [1.29, 1.82) is 0 Å². The monoisotopic (exact) mass is 200 g/mol. The normalized spacial score (nSPS) is 27.7. The van der Waals surface area contributed by atoms with Gasteiger partial charge in [-0.1, -0.05) is 6.92 Å². The molecule has 0 saturated carbocycles. The Bertz CT molecular complexity index is 215. The van der Waals surface area contributed by atoms with Gasteiger partial charge in [-0.3, -0.25) is 4.79 Å². The molecule has 1 amide bonds. The fraction of sp³-hybridized carbons (Fsp3) is 0.900. The third-order valence-corrected chi connectivity index (χ3v) is 2.56. The van der Waals surface area contributed by atoms with E-state index in [4.69, 9.17) is 10.5 Å². The van der Waals surface area contributed by atoms with E-state index >= 15 is 0 Å². The highest BCUT2D eigenvalue weighted by Gasteiger charge is 2.31. The van der Waals surface area contributed by atoms with Crippen LogP contribution < -0.4 is 11.1 Å². The van der Waals surface area contributed by atoms with Crippen LogP contribution in [0.5, 0.6) is 0 Å². The molecule has 14 heavy (non-hydrogen) atoms. The summed E-state index contributed by atoms with van der Waals surface area (Å²) in [5.41, 5.74) is 4.95. The van der Waals surface area contributed by atoms with Crippen LogP contribution in [0.2, 0.25) is 0 Å². The van der Waals surface area contributed by atoms with Crippen molar-refractivity contribution in [3.8, 4) is 0 Å². The van der Waals surface area contributed by atoms with E-state index in [-0.39, 0.29) is 11.3 Å². The molecule has 1 aliphatic rings. The molecule has 0 aromatic rings. The summed E-state index contributed by atoms with van der Waals surface area (Å²) in [6.07, 6.45) is 0.998. The molecule has 0 aliphatic carbocycles. The maximum atomic E-state index is 11.5. The molecule has 0 spiro atoms. The van der Waals surface area contributed by atoms with Gasteiger partial charge in [0.25, 0.3) is 0 Å². The molecular formula is C10H20N2O2. The Kier molecular flexibility index (Phi) is 3.17. The van der Waals surface area contributed by atoms with Crippen molar-refractivity contribution in [2.45, 2.75) is 32.7 Å². The number of rotatable bonds is 3. The molecule has 82 valence electrons. The van der Waals surface area contributed by atoms with Crippen molar-refractivity contribution in [2.75, 3.05) is 19.8 Å². The second kappa shape index (κ2) is 3.87. The quantitative estimate of drug-likeness (QED) is 0.687. The molecule has 0 aromatic carbocycles. The number of carbonyl (C=O) groups is 1. The number of hydrogen-bond donors (Lipinski definition) is 2. The lowest BCUT2D eigenvalue weighted by Gasteiger charge is -2.25. The summed E-state index contributed by atoms with van der Waals surface area (Å²) in [5.74, 6) is -0.106. The summed E-state index contributed by atoms with van der Waals surface area (Å²) in [6.45, 7) is 7.68. The van der Waals surface area contributed by atoms with Crippen molar-refractivity contribution >= 4 is 5.91 Å². The molecular weight excluding hydrogens is 180 g/mol. The number of nitrogens with one attached hydrogen (secondary N) is 1. The van der Waals surface area contributed by atoms with E-state index in [9.17, 15) is 4.79 Å². The average molecular weight is 200 g/mol. The second-order valence-corrected chi connectivity index (χ2v) is 5.02. The van der Waals surface area contributed by atoms with Gasteiger partial charge in [0.15, 0.2) is 0 Å². The Hall–Kier alpha value is -0.610. The first-order valence-electron chi connectivity index (χ1n) is 4.98. The van der Waals surface area contributed by atoms with Crippen molar-refractivity contribution in [1.82, 2.24) is 5.32 Å². The van der Waals surface area contributed by atoms with Gasteiger partial charge >= 0.3 is 0 Å². The van der Waals surface area contributed by atoms with Crippen LogP contribution in [0.3, 0.4) is 0 Å². The summed E-state index contributed by atoms with van der Waals surface area (Å²) in [7, 11) is 0. The van der Waals surface area contributed by atoms with Crippen LogP contribution in [-0.4, -0.2) is 31.2 Å². The van der Waals surface area contributed by atoms with Gasteiger partial charge in [0.05, 0.1) is 12.1 Å². The molecule has 3 N–H and O–H groups in total. The van der Waals surface area contributed by atoms with Gasteiger partial charge in [-0.25, -0.2) is 0 Å². The molecule has 1 aliphatic heterocycles. The Morgan fingerprint density at radius 2 is 2.29 bits per heavy atom. The van der Waals surface area contributed by atoms with E-state index in [0.717, 1.165) is 19.6 Å². The molecule has 1 fully saturated rings. The third kappa shape index (κ3) is 2.96. The van der Waals surface area contributed by atoms with Crippen molar-refractivity contribution in [3.63, 3.8) is 0 Å². The summed E-state index contributed by atoms with van der Waals surface area (Å²) >= 11 is 0. The van der Waals surface area contributed by atoms with Crippen LogP contribution in [0.25, 0.3) is 0 Å². The molecule has 4 heteroatoms. The van der Waals surface area contributed by atoms with E-state index in [0.29, 0.717) is 6.54 Å². The number of hydrogen-bond acceptors (Lipinski definition) is 3. The minimum atomic E-state index is -0.796. The van der Waals surface area contributed by atoms with E-state index in [1.165, 1.54) is 0 Å². The molecule has 1 unspecified atom stereocenters. The van der Waals surface area contributed by atoms with E-state index in [1.807, 2.05) is 0 Å². The average Bonchev–Trinajstić information content (AvgIpc) is 2.47. The smallest absolute Gasteiger partial charge is 0.239 e. The van der Waals surface area contributed by atoms with Gasteiger partial charge in [0, 0.05) is 18.6 Å². The lowest BCUT2D eigenvalue weighted by molar-refractivity contribution is -0.125. The Morgan fingerprint density at radius 3 is 2.71 bits per heavy atom. The highest BCUT2D eigenvalue weighted by atomic mass is 16.5. The third-order valence-electron chi connectivity index (χ3n) is 2.56. The SMILES string of the molecule is CC1(CNC(=O)C(C)(C)N)CCOC1. The maximum Gasteiger partial charge on any atom is 0.239 e. The minimum absolute atomic E-state index is 0.0842. The maximum absolute atomic E-state index is 11.5. The van der Waals surface area contributed by atoms with E-state index in [1.54, 1.807) is 13.8 Å². The van der Waals surface area contributed by atoms with Crippen LogP contribution in [0.4, 0.5) is 0 Å². The van der Waals surface area contributed by atoms with E-state index in [2.05, 4.69) is 12.2 Å². The van der Waals surface area contributed by atoms with Gasteiger partial charge in [0.2, 0.25) is 5.91 Å². The van der Waals surface area contributed by atoms with Crippen LogP contribution in [0.15, 0.2) is 0 Å². The molecule has 1 atom stereocenters. The van der Waals surface area contributed by atoms with E-state index < -0.39 is 5.54 Å². The zero-order valence-corrected chi connectivity index (χ0v) is 9.22. The Labute approximate surface area is 85.2 Å². The van der Waals surface area contributed by atoms with Gasteiger partial charge < -0.3 is 15.8 Å². The lowest BCUT2D eigenvalue weighted by Crippen LogP contribution is -2.51. The van der Waals surface area contributed by atoms with Gasteiger partial charge in [-0.05, 0) is 20.3 Å². The van der Waals surface area contributed by atoms with Gasteiger partial charge in [-0.15, -0.1) is 0 Å². The molecule has 1 rings (SSSR count). The summed E-state index contributed by atoms with van der Waals surface area (Å²) in [6, 6.07) is 0. The van der Waals surface area contributed by atoms with Crippen LogP contribution in [0.1, 0.15) is 27.2 Å². The zero-order valence-electron chi connectivity index (χ0n) is 9.22. The number of nitrogens with two attached hydrogens (primary N) is 1. The molecule has 4 nitrogen and oxygen atoms in total. The Balaban J connectivity index is 2.37. The fourth-order valence-electron chi connectivity index (χ4n) is 1.37. The minimum Gasteiger partial charge on any atom is -0.381 e. The van der Waals surface area contributed by atoms with Gasteiger partial charge in [0.1, 0.15) is 0 Å². The van der Waals surface area contributed by atoms with Crippen LogP contribution >= 0.6 is 0 Å². The zero-order chi connectivity index (χ0) is 10.8. The standard InChI is InChI=1S/C10H20N2O2/c1-9(2,11)8(13)12-6-10(3)4-5-14-7-10/h4-7,11H2,1-3H3,(H,12,13). The van der Waals surface area contributed by atoms with Crippen molar-refractivity contribution in [2.24, 2.45) is 11.1 Å². The summed E-state index contributed by atoms with van der Waals surface area (Å²) < 4.78 is 5.30. The first kappa shape index (κ1) is 11.5. The first-order valence-corrected chi connectivity index (χ1v) is 4.98. The second-order valence-electron chi connectivity index (χ2n) is 5.02. The topological polar surface area (TPSA) is 64.4 Å². The molecule has 1 heterocycles.